The Hall–Kier alpha value is -2.73. The van der Waals surface area contributed by atoms with Gasteiger partial charge in [0.1, 0.15) is 11.5 Å². The van der Waals surface area contributed by atoms with Crippen molar-refractivity contribution >= 4 is 23.4 Å². The second-order valence-corrected chi connectivity index (χ2v) is 8.51. The van der Waals surface area contributed by atoms with Gasteiger partial charge in [-0.1, -0.05) is 11.6 Å². The Kier molecular flexibility index (Phi) is 6.37. The van der Waals surface area contributed by atoms with E-state index in [1.807, 2.05) is 23.1 Å². The molecule has 31 heavy (non-hydrogen) atoms. The highest BCUT2D eigenvalue weighted by Gasteiger charge is 2.43. The molecule has 2 atom stereocenters. The van der Waals surface area contributed by atoms with Crippen molar-refractivity contribution in [1.82, 2.24) is 9.80 Å². The van der Waals surface area contributed by atoms with Crippen LogP contribution >= 0.6 is 11.6 Å². The number of rotatable bonds is 5. The fourth-order valence-corrected chi connectivity index (χ4v) is 4.74. The largest absolute Gasteiger partial charge is 0.497 e. The van der Waals surface area contributed by atoms with Crippen molar-refractivity contribution in [2.75, 3.05) is 40.4 Å². The topological polar surface area (TPSA) is 59.1 Å². The summed E-state index contributed by atoms with van der Waals surface area (Å²) in [5.74, 6) is 0.917. The molecule has 6 nitrogen and oxygen atoms in total. The highest BCUT2D eigenvalue weighted by Crippen LogP contribution is 2.41. The minimum atomic E-state index is -0.324. The van der Waals surface area contributed by atoms with Crippen LogP contribution in [0.25, 0.3) is 0 Å². The number of ether oxygens (including phenoxy) is 2. The number of likely N-dealkylation sites (tertiary alicyclic amines) is 2. The van der Waals surface area contributed by atoms with Gasteiger partial charge in [-0.15, -0.1) is 0 Å². The second-order valence-electron chi connectivity index (χ2n) is 8.07. The second kappa shape index (κ2) is 9.18. The zero-order valence-corrected chi connectivity index (χ0v) is 18.6. The van der Waals surface area contributed by atoms with Gasteiger partial charge in [0.2, 0.25) is 5.91 Å². The molecule has 0 saturated carbocycles. The summed E-state index contributed by atoms with van der Waals surface area (Å²) in [5, 5.41) is 0.582. The minimum Gasteiger partial charge on any atom is -0.497 e. The van der Waals surface area contributed by atoms with Gasteiger partial charge in [0.25, 0.3) is 5.91 Å². The van der Waals surface area contributed by atoms with Crippen LogP contribution < -0.4 is 9.47 Å². The highest BCUT2D eigenvalue weighted by atomic mass is 35.5. The van der Waals surface area contributed by atoms with E-state index in [0.717, 1.165) is 31.5 Å². The summed E-state index contributed by atoms with van der Waals surface area (Å²) >= 11 is 5.98. The Morgan fingerprint density at radius 3 is 2.29 bits per heavy atom. The number of benzene rings is 2. The van der Waals surface area contributed by atoms with E-state index >= 15 is 0 Å². The highest BCUT2D eigenvalue weighted by molar-refractivity contribution is 6.30. The number of halogens is 1. The van der Waals surface area contributed by atoms with E-state index < -0.39 is 0 Å². The predicted octanol–water partition coefficient (Wildman–Crippen LogP) is 3.84. The summed E-state index contributed by atoms with van der Waals surface area (Å²) in [6.07, 6.45) is 2.05. The molecule has 164 valence electrons. The van der Waals surface area contributed by atoms with E-state index in [2.05, 4.69) is 0 Å². The summed E-state index contributed by atoms with van der Waals surface area (Å²) < 4.78 is 11.0. The molecule has 0 radical (unpaired) electrons. The molecule has 0 bridgehead atoms. The normalized spacial score (nSPS) is 20.7. The van der Waals surface area contributed by atoms with Gasteiger partial charge in [-0.25, -0.2) is 0 Å². The van der Waals surface area contributed by atoms with Crippen molar-refractivity contribution in [1.29, 1.82) is 0 Å². The van der Waals surface area contributed by atoms with Crippen LogP contribution in [0.2, 0.25) is 5.02 Å². The number of carbonyl (C=O) groups is 2. The molecular weight excluding hydrogens is 416 g/mol. The average Bonchev–Trinajstić information content (AvgIpc) is 3.49. The van der Waals surface area contributed by atoms with Crippen molar-refractivity contribution in [2.24, 2.45) is 5.92 Å². The molecular formula is C24H27ClN2O4. The van der Waals surface area contributed by atoms with Crippen LogP contribution in [0.1, 0.15) is 34.7 Å². The fourth-order valence-electron chi connectivity index (χ4n) is 4.61. The molecule has 2 aromatic rings. The van der Waals surface area contributed by atoms with Gasteiger partial charge < -0.3 is 19.3 Å². The summed E-state index contributed by atoms with van der Waals surface area (Å²) in [6, 6.07) is 12.5. The zero-order valence-electron chi connectivity index (χ0n) is 17.8. The Morgan fingerprint density at radius 2 is 1.65 bits per heavy atom. The lowest BCUT2D eigenvalue weighted by Gasteiger charge is -2.25. The number of carbonyl (C=O) groups excluding carboxylic acids is 2. The molecule has 2 fully saturated rings. The Labute approximate surface area is 187 Å². The third kappa shape index (κ3) is 4.35. The maximum Gasteiger partial charge on any atom is 0.253 e. The van der Waals surface area contributed by atoms with Crippen molar-refractivity contribution in [3.05, 3.63) is 58.6 Å². The van der Waals surface area contributed by atoms with E-state index in [1.165, 1.54) is 0 Å². The van der Waals surface area contributed by atoms with E-state index in [0.29, 0.717) is 35.2 Å². The molecule has 2 saturated heterocycles. The lowest BCUT2D eigenvalue weighted by atomic mass is 9.87. The molecule has 0 aliphatic carbocycles. The molecule has 7 heteroatoms. The van der Waals surface area contributed by atoms with Gasteiger partial charge >= 0.3 is 0 Å². The number of nitrogens with zero attached hydrogens (tertiary/aromatic N) is 2. The van der Waals surface area contributed by atoms with E-state index in [1.54, 1.807) is 43.4 Å². The van der Waals surface area contributed by atoms with E-state index in [9.17, 15) is 9.59 Å². The van der Waals surface area contributed by atoms with Crippen LogP contribution in [0.3, 0.4) is 0 Å². The number of hydrogen-bond acceptors (Lipinski definition) is 4. The summed E-state index contributed by atoms with van der Waals surface area (Å²) in [7, 11) is 3.23. The van der Waals surface area contributed by atoms with Crippen molar-refractivity contribution in [3.8, 4) is 11.5 Å². The third-order valence-electron chi connectivity index (χ3n) is 6.27. The molecule has 2 aliphatic rings. The smallest absolute Gasteiger partial charge is 0.253 e. The molecule has 2 amide bonds. The molecule has 2 aliphatic heterocycles. The molecule has 0 spiro atoms. The van der Waals surface area contributed by atoms with Gasteiger partial charge in [0, 0.05) is 48.2 Å². The Bertz CT molecular complexity index is 957. The fraction of sp³-hybridized carbons (Fsp3) is 0.417. The summed E-state index contributed by atoms with van der Waals surface area (Å²) in [4.78, 5) is 30.3. The van der Waals surface area contributed by atoms with E-state index in [-0.39, 0.29) is 23.7 Å². The Morgan fingerprint density at radius 1 is 0.935 bits per heavy atom. The first-order valence-corrected chi connectivity index (χ1v) is 10.9. The molecule has 2 unspecified atom stereocenters. The number of amides is 2. The van der Waals surface area contributed by atoms with Crippen LogP contribution in [0.4, 0.5) is 0 Å². The first-order valence-electron chi connectivity index (χ1n) is 10.6. The van der Waals surface area contributed by atoms with Crippen molar-refractivity contribution in [2.45, 2.75) is 18.8 Å². The van der Waals surface area contributed by atoms with Gasteiger partial charge in [-0.3, -0.25) is 9.59 Å². The number of methoxy groups -OCH3 is 2. The molecule has 4 rings (SSSR count). The van der Waals surface area contributed by atoms with Crippen LogP contribution in [0.15, 0.2) is 42.5 Å². The Balaban J connectivity index is 1.68. The third-order valence-corrected chi connectivity index (χ3v) is 6.52. The van der Waals surface area contributed by atoms with Crippen LogP contribution in [-0.4, -0.2) is 62.0 Å². The van der Waals surface area contributed by atoms with Gasteiger partial charge in [0.15, 0.2) is 0 Å². The first kappa shape index (κ1) is 21.5. The molecule has 2 heterocycles. The van der Waals surface area contributed by atoms with Gasteiger partial charge in [-0.2, -0.15) is 0 Å². The lowest BCUT2D eigenvalue weighted by Crippen LogP contribution is -2.37. The first-order chi connectivity index (χ1) is 15.0. The van der Waals surface area contributed by atoms with Crippen LogP contribution in [0.5, 0.6) is 11.5 Å². The quantitative estimate of drug-likeness (QED) is 0.706. The molecule has 0 aromatic heterocycles. The monoisotopic (exact) mass is 442 g/mol. The van der Waals surface area contributed by atoms with Gasteiger partial charge in [0.05, 0.1) is 20.1 Å². The standard InChI is InChI=1S/C24H27ClN2O4/c1-30-18-9-10-22(31-2)19(13-18)20-14-27(23(28)16-5-7-17(25)8-6-16)15-21(20)24(29)26-11-3-4-12-26/h5-10,13,20-21H,3-4,11-12,14-15H2,1-2H3. The van der Waals surface area contributed by atoms with Crippen molar-refractivity contribution in [3.63, 3.8) is 0 Å². The SMILES string of the molecule is COc1ccc(OC)c(C2CN(C(=O)c3ccc(Cl)cc3)CC2C(=O)N2CCCC2)c1. The van der Waals surface area contributed by atoms with Crippen molar-refractivity contribution < 1.29 is 19.1 Å². The van der Waals surface area contributed by atoms with E-state index in [4.69, 9.17) is 21.1 Å². The maximum atomic E-state index is 13.4. The zero-order chi connectivity index (χ0) is 22.0. The minimum absolute atomic E-state index is 0.0970. The summed E-state index contributed by atoms with van der Waals surface area (Å²) in [6.45, 7) is 2.38. The molecule has 2 aromatic carbocycles. The van der Waals surface area contributed by atoms with Gasteiger partial charge in [-0.05, 0) is 55.3 Å². The molecule has 0 N–H and O–H groups in total. The van der Waals surface area contributed by atoms with Crippen LogP contribution in [0, 0.1) is 5.92 Å². The summed E-state index contributed by atoms with van der Waals surface area (Å²) in [5.41, 5.74) is 1.46. The average molecular weight is 443 g/mol. The lowest BCUT2D eigenvalue weighted by molar-refractivity contribution is -0.134. The number of hydrogen-bond donors (Lipinski definition) is 0. The maximum absolute atomic E-state index is 13.4. The van der Waals surface area contributed by atoms with Crippen LogP contribution in [-0.2, 0) is 4.79 Å². The predicted molar refractivity (Wildman–Crippen MR) is 119 cm³/mol.